The van der Waals surface area contributed by atoms with Gasteiger partial charge in [0.2, 0.25) is 5.91 Å². The summed E-state index contributed by atoms with van der Waals surface area (Å²) >= 11 is 7.00. The molecule has 0 spiro atoms. The number of amides is 1. The van der Waals surface area contributed by atoms with Gasteiger partial charge in [0.05, 0.1) is 10.4 Å². The fourth-order valence-electron chi connectivity index (χ4n) is 2.40. The van der Waals surface area contributed by atoms with Crippen molar-refractivity contribution in [3.05, 3.63) is 0 Å². The van der Waals surface area contributed by atoms with Gasteiger partial charge in [0, 0.05) is 24.1 Å². The lowest BCUT2D eigenvalue weighted by molar-refractivity contribution is -0.143. The second kappa shape index (κ2) is 4.53. The summed E-state index contributed by atoms with van der Waals surface area (Å²) in [6.45, 7) is 2.95. The topological polar surface area (TPSA) is 46.3 Å². The van der Waals surface area contributed by atoms with Crippen molar-refractivity contribution >= 4 is 34.9 Å². The lowest BCUT2D eigenvalue weighted by Crippen LogP contribution is -2.58. The average molecular weight is 258 g/mol. The molecule has 1 amide bonds. The first-order valence-corrected chi connectivity index (χ1v) is 7.33. The zero-order valence-electron chi connectivity index (χ0n) is 9.57. The Balaban J connectivity index is 2.13. The van der Waals surface area contributed by atoms with E-state index in [4.69, 9.17) is 18.0 Å². The molecule has 0 radical (unpaired) electrons. The maximum Gasteiger partial charge on any atom is 0.235 e. The monoisotopic (exact) mass is 258 g/mol. The van der Waals surface area contributed by atoms with Crippen molar-refractivity contribution < 1.29 is 4.79 Å². The van der Waals surface area contributed by atoms with Crippen LogP contribution in [0.3, 0.4) is 0 Å². The van der Waals surface area contributed by atoms with E-state index in [9.17, 15) is 4.79 Å². The number of rotatable bonds is 2. The number of nitrogens with two attached hydrogens (primary N) is 1. The molecule has 1 saturated carbocycles. The maximum absolute atomic E-state index is 12.5. The van der Waals surface area contributed by atoms with Crippen LogP contribution >= 0.6 is 24.0 Å². The molecule has 16 heavy (non-hydrogen) atoms. The molecule has 3 nitrogen and oxygen atoms in total. The van der Waals surface area contributed by atoms with Crippen LogP contribution in [-0.4, -0.2) is 39.9 Å². The summed E-state index contributed by atoms with van der Waals surface area (Å²) in [5, 5.41) is 0. The van der Waals surface area contributed by atoms with Crippen LogP contribution in [0.4, 0.5) is 0 Å². The van der Waals surface area contributed by atoms with Gasteiger partial charge in [-0.2, -0.15) is 11.8 Å². The molecule has 1 heterocycles. The Kier molecular flexibility index (Phi) is 3.45. The van der Waals surface area contributed by atoms with Crippen LogP contribution in [0.5, 0.6) is 0 Å². The first kappa shape index (κ1) is 12.2. The fraction of sp³-hybridized carbons (Fsp3) is 0.818. The summed E-state index contributed by atoms with van der Waals surface area (Å²) in [6, 6.07) is 0.318. The molecular weight excluding hydrogens is 240 g/mol. The molecule has 1 aliphatic carbocycles. The van der Waals surface area contributed by atoms with Gasteiger partial charge in [-0.25, -0.2) is 0 Å². The number of thioether (sulfide) groups is 1. The Morgan fingerprint density at radius 2 is 2.25 bits per heavy atom. The third kappa shape index (κ3) is 1.84. The first-order chi connectivity index (χ1) is 7.58. The zero-order chi connectivity index (χ0) is 11.8. The van der Waals surface area contributed by atoms with E-state index in [2.05, 4.69) is 6.92 Å². The maximum atomic E-state index is 12.5. The molecule has 90 valence electrons. The predicted molar refractivity (Wildman–Crippen MR) is 71.6 cm³/mol. The van der Waals surface area contributed by atoms with Crippen molar-refractivity contribution in [2.75, 3.05) is 18.1 Å². The average Bonchev–Trinajstić information content (AvgIpc) is 2.15. The van der Waals surface area contributed by atoms with Gasteiger partial charge in [0.1, 0.15) is 0 Å². The third-order valence-corrected chi connectivity index (χ3v) is 5.30. The molecule has 0 aromatic heterocycles. The number of nitrogens with zero attached hydrogens (tertiary/aromatic N) is 1. The van der Waals surface area contributed by atoms with Gasteiger partial charge in [0.15, 0.2) is 0 Å². The third-order valence-electron chi connectivity index (χ3n) is 3.72. The van der Waals surface area contributed by atoms with E-state index in [1.807, 2.05) is 16.7 Å². The highest BCUT2D eigenvalue weighted by atomic mass is 32.2. The Morgan fingerprint density at radius 3 is 2.69 bits per heavy atom. The van der Waals surface area contributed by atoms with Gasteiger partial charge in [-0.05, 0) is 19.8 Å². The number of carbonyl (C=O) groups is 1. The molecular formula is C11H18N2OS2. The first-order valence-electron chi connectivity index (χ1n) is 5.77. The van der Waals surface area contributed by atoms with E-state index < -0.39 is 5.41 Å². The minimum atomic E-state index is -0.494. The van der Waals surface area contributed by atoms with Crippen LogP contribution in [0, 0.1) is 5.41 Å². The number of hydrogen-bond donors (Lipinski definition) is 1. The highest BCUT2D eigenvalue weighted by molar-refractivity contribution is 7.99. The van der Waals surface area contributed by atoms with Gasteiger partial charge in [-0.15, -0.1) is 0 Å². The SMILES string of the molecule is CC1CSCCN1C(=O)C1(C(N)=S)CCC1. The van der Waals surface area contributed by atoms with Crippen molar-refractivity contribution in [3.8, 4) is 0 Å². The summed E-state index contributed by atoms with van der Waals surface area (Å²) in [5.74, 6) is 2.24. The van der Waals surface area contributed by atoms with Gasteiger partial charge in [-0.1, -0.05) is 18.6 Å². The van der Waals surface area contributed by atoms with Crippen molar-refractivity contribution in [3.63, 3.8) is 0 Å². The molecule has 0 aromatic carbocycles. The van der Waals surface area contributed by atoms with Crippen LogP contribution in [0.2, 0.25) is 0 Å². The Morgan fingerprint density at radius 1 is 1.56 bits per heavy atom. The summed E-state index contributed by atoms with van der Waals surface area (Å²) in [7, 11) is 0. The molecule has 1 aliphatic heterocycles. The molecule has 2 rings (SSSR count). The smallest absolute Gasteiger partial charge is 0.235 e. The highest BCUT2D eigenvalue weighted by Gasteiger charge is 2.49. The van der Waals surface area contributed by atoms with Crippen molar-refractivity contribution in [2.45, 2.75) is 32.2 Å². The Bertz CT molecular complexity index is 315. The van der Waals surface area contributed by atoms with Gasteiger partial charge in [-0.3, -0.25) is 4.79 Å². The summed E-state index contributed by atoms with van der Waals surface area (Å²) in [6.07, 6.45) is 2.76. The van der Waals surface area contributed by atoms with Crippen LogP contribution in [0.15, 0.2) is 0 Å². The van der Waals surface area contributed by atoms with Gasteiger partial charge < -0.3 is 10.6 Å². The van der Waals surface area contributed by atoms with Crippen LogP contribution in [0.1, 0.15) is 26.2 Å². The molecule has 1 unspecified atom stereocenters. The quantitative estimate of drug-likeness (QED) is 0.761. The Labute approximate surface area is 106 Å². The molecule has 0 bridgehead atoms. The number of thiocarbonyl (C=S) groups is 1. The zero-order valence-corrected chi connectivity index (χ0v) is 11.2. The lowest BCUT2D eigenvalue weighted by atomic mass is 9.67. The summed E-state index contributed by atoms with van der Waals surface area (Å²) < 4.78 is 0. The standard InChI is InChI=1S/C11H18N2OS2/c1-8-7-16-6-5-13(8)10(14)11(9(12)15)3-2-4-11/h8H,2-7H2,1H3,(H2,12,15). The van der Waals surface area contributed by atoms with E-state index >= 15 is 0 Å². The van der Waals surface area contributed by atoms with Gasteiger partial charge in [0.25, 0.3) is 0 Å². The molecule has 2 fully saturated rings. The second-order valence-corrected chi connectivity index (χ2v) is 6.31. The minimum absolute atomic E-state index is 0.180. The van der Waals surface area contributed by atoms with E-state index in [0.29, 0.717) is 11.0 Å². The Hall–Kier alpha value is -0.290. The van der Waals surface area contributed by atoms with Gasteiger partial charge >= 0.3 is 0 Å². The highest BCUT2D eigenvalue weighted by Crippen LogP contribution is 2.43. The summed E-state index contributed by atoms with van der Waals surface area (Å²) in [4.78, 5) is 14.9. The number of hydrogen-bond acceptors (Lipinski definition) is 3. The molecule has 2 aliphatic rings. The molecule has 1 atom stereocenters. The largest absolute Gasteiger partial charge is 0.392 e. The van der Waals surface area contributed by atoms with E-state index in [1.165, 1.54) is 0 Å². The summed E-state index contributed by atoms with van der Waals surface area (Å²) in [5.41, 5.74) is 5.27. The molecule has 5 heteroatoms. The van der Waals surface area contributed by atoms with E-state index in [1.54, 1.807) is 0 Å². The van der Waals surface area contributed by atoms with Crippen molar-refractivity contribution in [1.29, 1.82) is 0 Å². The lowest BCUT2D eigenvalue weighted by Gasteiger charge is -2.45. The minimum Gasteiger partial charge on any atom is -0.392 e. The van der Waals surface area contributed by atoms with E-state index in [-0.39, 0.29) is 5.91 Å². The molecule has 1 saturated heterocycles. The molecule has 2 N–H and O–H groups in total. The van der Waals surface area contributed by atoms with Crippen LogP contribution < -0.4 is 5.73 Å². The van der Waals surface area contributed by atoms with Crippen molar-refractivity contribution in [2.24, 2.45) is 11.1 Å². The van der Waals surface area contributed by atoms with Crippen molar-refractivity contribution in [1.82, 2.24) is 4.90 Å². The predicted octanol–water partition coefficient (Wildman–Crippen LogP) is 1.41. The molecule has 0 aromatic rings. The fourth-order valence-corrected chi connectivity index (χ4v) is 3.70. The van der Waals surface area contributed by atoms with Crippen LogP contribution in [0.25, 0.3) is 0 Å². The normalized spacial score (nSPS) is 28.3. The van der Waals surface area contributed by atoms with Crippen LogP contribution in [-0.2, 0) is 4.79 Å². The second-order valence-electron chi connectivity index (χ2n) is 4.72. The number of carbonyl (C=O) groups excluding carboxylic acids is 1. The van der Waals surface area contributed by atoms with E-state index in [0.717, 1.165) is 37.3 Å².